The zero-order valence-electron chi connectivity index (χ0n) is 18.5. The Morgan fingerprint density at radius 2 is 1.71 bits per heavy atom. The lowest BCUT2D eigenvalue weighted by molar-refractivity contribution is -0.385. The molecule has 1 unspecified atom stereocenters. The number of amides is 2. The largest absolute Gasteiger partial charge is 0.354 e. The summed E-state index contributed by atoms with van der Waals surface area (Å²) < 4.78 is 0. The number of aryl methyl sites for hydroxylation is 1. The summed E-state index contributed by atoms with van der Waals surface area (Å²) in [6, 6.07) is 13.3. The molecule has 2 rings (SSSR count). The molecular formula is C24H31N3O4. The summed E-state index contributed by atoms with van der Waals surface area (Å²) in [6.45, 7) is 6.70. The number of hydrogen-bond acceptors (Lipinski definition) is 4. The van der Waals surface area contributed by atoms with Gasteiger partial charge in [0.05, 0.1) is 11.3 Å². The van der Waals surface area contributed by atoms with Crippen molar-refractivity contribution < 1.29 is 14.5 Å². The minimum Gasteiger partial charge on any atom is -0.354 e. The van der Waals surface area contributed by atoms with Crippen molar-refractivity contribution in [1.82, 2.24) is 10.2 Å². The van der Waals surface area contributed by atoms with Gasteiger partial charge in [-0.25, -0.2) is 0 Å². The molecular weight excluding hydrogens is 394 g/mol. The molecule has 0 radical (unpaired) electrons. The highest BCUT2D eigenvalue weighted by Gasteiger charge is 2.30. The average molecular weight is 426 g/mol. The topological polar surface area (TPSA) is 92.6 Å². The highest BCUT2D eigenvalue weighted by Crippen LogP contribution is 2.21. The van der Waals surface area contributed by atoms with Gasteiger partial charge in [0.25, 0.3) is 5.69 Å². The minimum absolute atomic E-state index is 0.0906. The summed E-state index contributed by atoms with van der Waals surface area (Å²) in [4.78, 5) is 38.7. The van der Waals surface area contributed by atoms with E-state index in [1.54, 1.807) is 23.1 Å². The number of nitro groups is 1. The van der Waals surface area contributed by atoms with Gasteiger partial charge in [-0.2, -0.15) is 0 Å². The Balaban J connectivity index is 2.34. The second-order valence-electron chi connectivity index (χ2n) is 7.58. The van der Waals surface area contributed by atoms with E-state index in [4.69, 9.17) is 0 Å². The van der Waals surface area contributed by atoms with Crippen molar-refractivity contribution in [3.8, 4) is 0 Å². The monoisotopic (exact) mass is 425 g/mol. The first kappa shape index (κ1) is 24.1. The van der Waals surface area contributed by atoms with Crippen molar-refractivity contribution in [2.75, 3.05) is 6.54 Å². The first-order valence-corrected chi connectivity index (χ1v) is 10.7. The van der Waals surface area contributed by atoms with Crippen LogP contribution in [0.2, 0.25) is 0 Å². The summed E-state index contributed by atoms with van der Waals surface area (Å²) in [5.41, 5.74) is 2.21. The normalized spacial score (nSPS) is 11.6. The Hall–Kier alpha value is -3.22. The van der Waals surface area contributed by atoms with Gasteiger partial charge in [0.2, 0.25) is 11.8 Å². The third kappa shape index (κ3) is 6.64. The molecule has 2 amide bonds. The molecule has 0 saturated heterocycles. The zero-order valence-corrected chi connectivity index (χ0v) is 18.5. The first-order chi connectivity index (χ1) is 14.9. The van der Waals surface area contributed by atoms with Gasteiger partial charge in [0.1, 0.15) is 6.04 Å². The van der Waals surface area contributed by atoms with Crippen molar-refractivity contribution in [3.05, 3.63) is 75.3 Å². The fourth-order valence-corrected chi connectivity index (χ4v) is 3.50. The number of para-hydroxylation sites is 1. The molecule has 0 aromatic heterocycles. The maximum atomic E-state index is 13.4. The Kier molecular flexibility index (Phi) is 9.18. The molecule has 0 spiro atoms. The number of nitro benzene ring substituents is 1. The van der Waals surface area contributed by atoms with Gasteiger partial charge >= 0.3 is 0 Å². The maximum Gasteiger partial charge on any atom is 0.273 e. The lowest BCUT2D eigenvalue weighted by Crippen LogP contribution is -2.49. The molecule has 0 aliphatic heterocycles. The van der Waals surface area contributed by atoms with E-state index in [2.05, 4.69) is 5.32 Å². The molecule has 0 bridgehead atoms. The molecule has 7 nitrogen and oxygen atoms in total. The van der Waals surface area contributed by atoms with Gasteiger partial charge in [0, 0.05) is 24.7 Å². The molecule has 0 saturated carbocycles. The van der Waals surface area contributed by atoms with Crippen LogP contribution in [0.25, 0.3) is 0 Å². The second kappa shape index (κ2) is 11.8. The predicted molar refractivity (Wildman–Crippen MR) is 121 cm³/mol. The van der Waals surface area contributed by atoms with E-state index in [0.29, 0.717) is 18.5 Å². The van der Waals surface area contributed by atoms with Crippen LogP contribution in [0.3, 0.4) is 0 Å². The molecule has 2 aromatic rings. The Morgan fingerprint density at radius 1 is 1.06 bits per heavy atom. The van der Waals surface area contributed by atoms with E-state index in [1.807, 2.05) is 45.0 Å². The minimum atomic E-state index is -0.647. The zero-order chi connectivity index (χ0) is 22.8. The van der Waals surface area contributed by atoms with E-state index in [0.717, 1.165) is 24.0 Å². The maximum absolute atomic E-state index is 13.4. The number of nitrogens with one attached hydrogen (secondary N) is 1. The predicted octanol–water partition coefficient (Wildman–Crippen LogP) is 4.17. The average Bonchev–Trinajstić information content (AvgIpc) is 2.75. The number of nitrogens with zero attached hydrogens (tertiary/aromatic N) is 2. The van der Waals surface area contributed by atoms with E-state index >= 15 is 0 Å². The molecule has 1 N–H and O–H groups in total. The third-order valence-corrected chi connectivity index (χ3v) is 5.35. The summed E-state index contributed by atoms with van der Waals surface area (Å²) in [7, 11) is 0. The molecule has 0 heterocycles. The summed E-state index contributed by atoms with van der Waals surface area (Å²) in [5, 5.41) is 14.3. The van der Waals surface area contributed by atoms with E-state index in [-0.39, 0.29) is 30.5 Å². The Morgan fingerprint density at radius 3 is 2.32 bits per heavy atom. The van der Waals surface area contributed by atoms with Crippen LogP contribution < -0.4 is 5.32 Å². The van der Waals surface area contributed by atoms with Crippen LogP contribution >= 0.6 is 0 Å². The molecule has 2 aromatic carbocycles. The van der Waals surface area contributed by atoms with E-state index in [1.165, 1.54) is 6.07 Å². The van der Waals surface area contributed by atoms with Crippen molar-refractivity contribution in [2.45, 2.75) is 59.0 Å². The second-order valence-corrected chi connectivity index (χ2v) is 7.58. The number of carbonyl (C=O) groups excluding carboxylic acids is 2. The fraction of sp³-hybridized carbons (Fsp3) is 0.417. The van der Waals surface area contributed by atoms with Gasteiger partial charge in [-0.15, -0.1) is 0 Å². The Labute approximate surface area is 183 Å². The standard InChI is InChI=1S/C24H31N3O4/c1-4-6-15-25-24(29)21(5-2)26(17-20-13-8-7-11-18(20)3)23(28)16-19-12-9-10-14-22(19)27(30)31/h7-14,21H,4-6,15-17H2,1-3H3,(H,25,29). The molecule has 1 atom stereocenters. The highest BCUT2D eigenvalue weighted by atomic mass is 16.6. The number of unbranched alkanes of at least 4 members (excludes halogenated alkanes) is 1. The van der Waals surface area contributed by atoms with Crippen LogP contribution in [0, 0.1) is 17.0 Å². The highest BCUT2D eigenvalue weighted by molar-refractivity contribution is 5.88. The summed E-state index contributed by atoms with van der Waals surface area (Å²) >= 11 is 0. The summed E-state index contributed by atoms with van der Waals surface area (Å²) in [5.74, 6) is -0.504. The van der Waals surface area contributed by atoms with E-state index < -0.39 is 11.0 Å². The SMILES string of the molecule is CCCCNC(=O)C(CC)N(Cc1ccccc1C)C(=O)Cc1ccccc1[N+](=O)[O-]. The molecule has 0 aliphatic rings. The van der Waals surface area contributed by atoms with Gasteiger partial charge in [-0.05, 0) is 30.9 Å². The van der Waals surface area contributed by atoms with Crippen LogP contribution in [0.4, 0.5) is 5.69 Å². The summed E-state index contributed by atoms with van der Waals surface area (Å²) in [6.07, 6.45) is 2.14. The molecule has 166 valence electrons. The quantitative estimate of drug-likeness (QED) is 0.332. The van der Waals surface area contributed by atoms with Gasteiger partial charge < -0.3 is 10.2 Å². The fourth-order valence-electron chi connectivity index (χ4n) is 3.50. The van der Waals surface area contributed by atoms with Crippen molar-refractivity contribution in [2.24, 2.45) is 0 Å². The van der Waals surface area contributed by atoms with Crippen LogP contribution in [-0.2, 0) is 22.6 Å². The number of benzene rings is 2. The molecule has 0 fully saturated rings. The molecule has 31 heavy (non-hydrogen) atoms. The lowest BCUT2D eigenvalue weighted by atomic mass is 10.0. The molecule has 0 aliphatic carbocycles. The number of rotatable bonds is 11. The smallest absolute Gasteiger partial charge is 0.273 e. The van der Waals surface area contributed by atoms with Gasteiger partial charge in [-0.3, -0.25) is 19.7 Å². The lowest BCUT2D eigenvalue weighted by Gasteiger charge is -2.31. The first-order valence-electron chi connectivity index (χ1n) is 10.7. The van der Waals surface area contributed by atoms with Crippen molar-refractivity contribution >= 4 is 17.5 Å². The Bertz CT molecular complexity index is 913. The van der Waals surface area contributed by atoms with Crippen LogP contribution in [0.1, 0.15) is 49.8 Å². The van der Waals surface area contributed by atoms with Crippen molar-refractivity contribution in [3.63, 3.8) is 0 Å². The van der Waals surface area contributed by atoms with Crippen molar-refractivity contribution in [1.29, 1.82) is 0 Å². The van der Waals surface area contributed by atoms with Crippen LogP contribution in [-0.4, -0.2) is 34.2 Å². The van der Waals surface area contributed by atoms with Gasteiger partial charge in [0.15, 0.2) is 0 Å². The number of carbonyl (C=O) groups is 2. The van der Waals surface area contributed by atoms with E-state index in [9.17, 15) is 19.7 Å². The van der Waals surface area contributed by atoms with Crippen LogP contribution in [0.15, 0.2) is 48.5 Å². The third-order valence-electron chi connectivity index (χ3n) is 5.35. The number of hydrogen-bond donors (Lipinski definition) is 1. The van der Waals surface area contributed by atoms with Crippen LogP contribution in [0.5, 0.6) is 0 Å². The molecule has 7 heteroatoms. The van der Waals surface area contributed by atoms with Gasteiger partial charge in [-0.1, -0.05) is 62.7 Å².